The summed E-state index contributed by atoms with van der Waals surface area (Å²) in [5.74, 6) is -1.17. The van der Waals surface area contributed by atoms with Gasteiger partial charge in [-0.1, -0.05) is 23.2 Å². The summed E-state index contributed by atoms with van der Waals surface area (Å²) in [5.41, 5.74) is -1.88. The van der Waals surface area contributed by atoms with Crippen molar-refractivity contribution in [1.29, 1.82) is 0 Å². The first-order valence-corrected chi connectivity index (χ1v) is 7.40. The van der Waals surface area contributed by atoms with Gasteiger partial charge in [0.2, 0.25) is 0 Å². The number of hydrogen-bond acceptors (Lipinski definition) is 4. The highest BCUT2D eigenvalue weighted by Crippen LogP contribution is 2.34. The molecule has 2 aromatic heterocycles. The number of rotatable bonds is 5. The van der Waals surface area contributed by atoms with E-state index < -0.39 is 23.3 Å². The van der Waals surface area contributed by atoms with Crippen molar-refractivity contribution < 1.29 is 18.0 Å². The molecule has 6 nitrogen and oxygen atoms in total. The Morgan fingerprint density at radius 2 is 2.00 bits per heavy atom. The first-order chi connectivity index (χ1) is 11.3. The monoisotopic (exact) mass is 381 g/mol. The maximum Gasteiger partial charge on any atom is 0.434 e. The number of amides is 1. The number of halogens is 5. The van der Waals surface area contributed by atoms with Crippen molar-refractivity contribution in [2.75, 3.05) is 20.1 Å². The zero-order valence-corrected chi connectivity index (χ0v) is 13.8. The Kier molecular flexibility index (Phi) is 5.68. The molecule has 11 heteroatoms. The van der Waals surface area contributed by atoms with Gasteiger partial charge in [0, 0.05) is 19.3 Å². The molecule has 0 saturated heterocycles. The van der Waals surface area contributed by atoms with Crippen LogP contribution in [0, 0.1) is 0 Å². The molecule has 0 unspecified atom stereocenters. The lowest BCUT2D eigenvalue weighted by atomic mass is 10.2. The minimum atomic E-state index is -4.84. The number of carbonyl (C=O) groups is 1. The highest BCUT2D eigenvalue weighted by molar-refractivity contribution is 6.35. The molecule has 0 spiro atoms. The Morgan fingerprint density at radius 1 is 1.29 bits per heavy atom. The fourth-order valence-corrected chi connectivity index (χ4v) is 2.37. The molecule has 130 valence electrons. The van der Waals surface area contributed by atoms with Gasteiger partial charge in [0.1, 0.15) is 0 Å². The van der Waals surface area contributed by atoms with Crippen LogP contribution in [0.25, 0.3) is 5.82 Å². The molecule has 0 radical (unpaired) electrons. The minimum absolute atomic E-state index is 0.127. The summed E-state index contributed by atoms with van der Waals surface area (Å²) in [6.07, 6.45) is -2.88. The zero-order valence-electron chi connectivity index (χ0n) is 12.3. The average molecular weight is 382 g/mol. The Balaban J connectivity index is 2.49. The number of aromatic nitrogens is 3. The van der Waals surface area contributed by atoms with Crippen molar-refractivity contribution in [2.24, 2.45) is 0 Å². The Morgan fingerprint density at radius 3 is 2.58 bits per heavy atom. The fraction of sp³-hybridized carbons (Fsp3) is 0.308. The molecule has 0 aliphatic rings. The van der Waals surface area contributed by atoms with Gasteiger partial charge in [-0.05, 0) is 13.1 Å². The van der Waals surface area contributed by atoms with E-state index in [0.29, 0.717) is 11.2 Å². The SMILES string of the molecule is CNCCNC(=O)c1cnn(-c2ncc(Cl)cc2Cl)c1C(F)(F)F. The van der Waals surface area contributed by atoms with E-state index >= 15 is 0 Å². The summed E-state index contributed by atoms with van der Waals surface area (Å²) < 4.78 is 40.8. The highest BCUT2D eigenvalue weighted by Gasteiger charge is 2.41. The van der Waals surface area contributed by atoms with Crippen LogP contribution in [0.4, 0.5) is 13.2 Å². The quantitative estimate of drug-likeness (QED) is 0.780. The third-order valence-electron chi connectivity index (χ3n) is 2.93. The van der Waals surface area contributed by atoms with Gasteiger partial charge < -0.3 is 10.6 Å². The van der Waals surface area contributed by atoms with Crippen molar-refractivity contribution in [3.8, 4) is 5.82 Å². The number of carbonyl (C=O) groups excluding carboxylic acids is 1. The molecule has 0 saturated carbocycles. The molecule has 1 amide bonds. The molecule has 2 aromatic rings. The topological polar surface area (TPSA) is 71.8 Å². The number of nitrogens with zero attached hydrogens (tertiary/aromatic N) is 3. The number of likely N-dealkylation sites (N-methyl/N-ethyl adjacent to an activating group) is 1. The predicted octanol–water partition coefficient (Wildman–Crippen LogP) is 2.54. The second-order valence-electron chi connectivity index (χ2n) is 4.63. The number of alkyl halides is 3. The summed E-state index contributed by atoms with van der Waals surface area (Å²) >= 11 is 11.6. The number of pyridine rings is 1. The number of hydrogen-bond donors (Lipinski definition) is 2. The lowest BCUT2D eigenvalue weighted by molar-refractivity contribution is -0.143. The molecule has 0 aromatic carbocycles. The van der Waals surface area contributed by atoms with Crippen molar-refractivity contribution in [3.63, 3.8) is 0 Å². The Hall–Kier alpha value is -1.84. The van der Waals surface area contributed by atoms with E-state index in [0.717, 1.165) is 12.4 Å². The van der Waals surface area contributed by atoms with Crippen LogP contribution in [0.5, 0.6) is 0 Å². The van der Waals surface area contributed by atoms with Crippen molar-refractivity contribution in [1.82, 2.24) is 25.4 Å². The molecule has 0 aliphatic carbocycles. The molecule has 0 atom stereocenters. The van der Waals surface area contributed by atoms with Gasteiger partial charge in [-0.25, -0.2) is 9.67 Å². The third-order valence-corrected chi connectivity index (χ3v) is 3.42. The van der Waals surface area contributed by atoms with E-state index in [1.807, 2.05) is 0 Å². The molecule has 2 heterocycles. The lowest BCUT2D eigenvalue weighted by Crippen LogP contribution is -2.31. The van der Waals surface area contributed by atoms with Crippen LogP contribution in [0.2, 0.25) is 10.0 Å². The van der Waals surface area contributed by atoms with E-state index in [1.54, 1.807) is 7.05 Å². The van der Waals surface area contributed by atoms with Crippen molar-refractivity contribution >= 4 is 29.1 Å². The van der Waals surface area contributed by atoms with Gasteiger partial charge in [0.15, 0.2) is 11.5 Å². The molecular weight excluding hydrogens is 370 g/mol. The van der Waals surface area contributed by atoms with Crippen LogP contribution in [0.1, 0.15) is 16.1 Å². The van der Waals surface area contributed by atoms with E-state index in [9.17, 15) is 18.0 Å². The van der Waals surface area contributed by atoms with Gasteiger partial charge in [0.25, 0.3) is 5.91 Å². The summed E-state index contributed by atoms with van der Waals surface area (Å²) in [5, 5.41) is 8.79. The van der Waals surface area contributed by atoms with Gasteiger partial charge in [-0.3, -0.25) is 4.79 Å². The minimum Gasteiger partial charge on any atom is -0.351 e. The summed E-state index contributed by atoms with van der Waals surface area (Å²) in [4.78, 5) is 15.8. The molecular formula is C13H12Cl2F3N5O. The molecule has 0 bridgehead atoms. The number of nitrogens with one attached hydrogen (secondary N) is 2. The Labute approximate surface area is 145 Å². The van der Waals surface area contributed by atoms with Gasteiger partial charge in [-0.15, -0.1) is 0 Å². The van der Waals surface area contributed by atoms with E-state index in [-0.39, 0.29) is 22.4 Å². The molecule has 0 fully saturated rings. The van der Waals surface area contributed by atoms with Crippen LogP contribution in [0.3, 0.4) is 0 Å². The van der Waals surface area contributed by atoms with Crippen LogP contribution in [0.15, 0.2) is 18.5 Å². The molecule has 24 heavy (non-hydrogen) atoms. The van der Waals surface area contributed by atoms with Crippen molar-refractivity contribution in [2.45, 2.75) is 6.18 Å². The van der Waals surface area contributed by atoms with E-state index in [4.69, 9.17) is 23.2 Å². The maximum absolute atomic E-state index is 13.4. The lowest BCUT2D eigenvalue weighted by Gasteiger charge is -2.13. The van der Waals surface area contributed by atoms with Crippen LogP contribution in [-0.2, 0) is 6.18 Å². The summed E-state index contributed by atoms with van der Waals surface area (Å²) in [7, 11) is 1.65. The smallest absolute Gasteiger partial charge is 0.351 e. The zero-order chi connectivity index (χ0) is 17.9. The second kappa shape index (κ2) is 7.37. The largest absolute Gasteiger partial charge is 0.434 e. The summed E-state index contributed by atoms with van der Waals surface area (Å²) in [6.45, 7) is 0.573. The third kappa shape index (κ3) is 3.97. The Bertz CT molecular complexity index is 748. The predicted molar refractivity (Wildman–Crippen MR) is 82.6 cm³/mol. The fourth-order valence-electron chi connectivity index (χ4n) is 1.91. The van der Waals surface area contributed by atoms with E-state index in [2.05, 4.69) is 20.7 Å². The maximum atomic E-state index is 13.4. The van der Waals surface area contributed by atoms with Crippen molar-refractivity contribution in [3.05, 3.63) is 39.8 Å². The van der Waals surface area contributed by atoms with Crippen LogP contribution >= 0.6 is 23.2 Å². The summed E-state index contributed by atoms with van der Waals surface area (Å²) in [6, 6.07) is 1.24. The molecule has 2 N–H and O–H groups in total. The first kappa shape index (κ1) is 18.5. The van der Waals surface area contributed by atoms with Gasteiger partial charge >= 0.3 is 6.18 Å². The van der Waals surface area contributed by atoms with Crippen LogP contribution in [-0.4, -0.2) is 40.8 Å². The molecule has 0 aliphatic heterocycles. The van der Waals surface area contributed by atoms with Gasteiger partial charge in [0.05, 0.1) is 21.8 Å². The first-order valence-electron chi connectivity index (χ1n) is 6.65. The second-order valence-corrected chi connectivity index (χ2v) is 5.48. The van der Waals surface area contributed by atoms with E-state index in [1.165, 1.54) is 6.07 Å². The van der Waals surface area contributed by atoms with Crippen LogP contribution < -0.4 is 10.6 Å². The average Bonchev–Trinajstić information content (AvgIpc) is 2.92. The molecule has 2 rings (SSSR count). The van der Waals surface area contributed by atoms with Gasteiger partial charge in [-0.2, -0.15) is 18.3 Å². The standard InChI is InChI=1S/C13H12Cl2F3N5O/c1-19-2-3-20-12(24)8-6-22-23(10(8)13(16,17)18)11-9(15)4-7(14)5-21-11/h4-6,19H,2-3H2,1H3,(H,20,24). The normalized spacial score (nSPS) is 11.6. The highest BCUT2D eigenvalue weighted by atomic mass is 35.5.